The van der Waals surface area contributed by atoms with Crippen molar-refractivity contribution in [1.29, 1.82) is 0 Å². The highest BCUT2D eigenvalue weighted by Gasteiger charge is 2.29. The van der Waals surface area contributed by atoms with E-state index in [9.17, 15) is 33.6 Å². The lowest BCUT2D eigenvalue weighted by molar-refractivity contribution is -0.139. The molecule has 0 aromatic rings. The third kappa shape index (κ3) is 11.1. The molecule has 0 aliphatic heterocycles. The van der Waals surface area contributed by atoms with Crippen LogP contribution in [0.2, 0.25) is 0 Å². The fourth-order valence-corrected chi connectivity index (χ4v) is 2.45. The van der Waals surface area contributed by atoms with E-state index >= 15 is 0 Å². The molecule has 0 radical (unpaired) electrons. The van der Waals surface area contributed by atoms with Gasteiger partial charge >= 0.3 is 0 Å². The van der Waals surface area contributed by atoms with E-state index in [1.165, 1.54) is 55.5 Å². The number of amides is 5. The van der Waals surface area contributed by atoms with Gasteiger partial charge in [-0.15, -0.1) is 0 Å². The predicted octanol–water partition coefficient (Wildman–Crippen LogP) is -3.22. The van der Waals surface area contributed by atoms with Crippen molar-refractivity contribution < 1.29 is 33.6 Å². The Balaban J connectivity index is 4.71. The lowest BCUT2D eigenvalue weighted by Crippen LogP contribution is -2.57. The van der Waals surface area contributed by atoms with Crippen LogP contribution < -0.4 is 37.4 Å². The van der Waals surface area contributed by atoms with Crippen molar-refractivity contribution in [3.63, 3.8) is 0 Å². The molecule has 35 heavy (non-hydrogen) atoms. The third-order valence-corrected chi connectivity index (χ3v) is 4.94. The lowest BCUT2D eigenvalue weighted by atomic mass is 10.0. The molecule has 3 unspecified atom stereocenters. The first-order chi connectivity index (χ1) is 16.1. The first kappa shape index (κ1) is 31.6. The molecule has 6 atom stereocenters. The molecule has 0 fully saturated rings. The van der Waals surface area contributed by atoms with Gasteiger partial charge in [0.1, 0.15) is 24.2 Å². The fraction of sp³-hybridized carbons (Fsp3) is 0.667. The van der Waals surface area contributed by atoms with Gasteiger partial charge in [-0.2, -0.15) is 0 Å². The maximum absolute atomic E-state index is 12.4. The van der Waals surface area contributed by atoms with Crippen LogP contribution >= 0.6 is 0 Å². The summed E-state index contributed by atoms with van der Waals surface area (Å²) in [4.78, 5) is 84.0. The molecule has 0 saturated heterocycles. The Hall–Kier alpha value is -3.39. The summed E-state index contributed by atoms with van der Waals surface area (Å²) in [5.41, 5.74) is 4.72. The van der Waals surface area contributed by atoms with Crippen LogP contribution in [0.5, 0.6) is 0 Å². The smallest absolute Gasteiger partial charge is 0.242 e. The Kier molecular flexibility index (Phi) is 13.3. The number of carbonyl (C=O) groups excluding carboxylic acids is 7. The summed E-state index contributed by atoms with van der Waals surface area (Å²) in [5, 5.41) is 12.3. The standard InChI is InChI=1S/C21H37N7O7/c1-9(22-8)16(30)17(31)10(2)23-18(32)11(3)24-19(33)12(4)25-20(34)13(5)26-21(35)14(6)27-28-15(7)29/h9-14,22,27H,1-8H3,(H,23,32)(H,24,33)(H,25,34)(H,26,35)(H,28,29)/t9-,10?,11+,12?,13+,14?/m1/s1. The number of Topliss-reactive ketones (excluding diaryl/α,β-unsaturated/α-hetero) is 2. The molecule has 14 heteroatoms. The average Bonchev–Trinajstić information content (AvgIpc) is 2.80. The molecule has 0 aliphatic carbocycles. The first-order valence-corrected chi connectivity index (χ1v) is 11.1. The molecule has 0 saturated carbocycles. The van der Waals surface area contributed by atoms with Crippen LogP contribution in [0.25, 0.3) is 0 Å². The van der Waals surface area contributed by atoms with Crippen LogP contribution in [-0.2, 0) is 33.6 Å². The lowest BCUT2D eigenvalue weighted by Gasteiger charge is -2.22. The van der Waals surface area contributed by atoms with E-state index in [0.717, 1.165) is 0 Å². The average molecular weight is 500 g/mol. The summed E-state index contributed by atoms with van der Waals surface area (Å²) < 4.78 is 0. The summed E-state index contributed by atoms with van der Waals surface area (Å²) in [7, 11) is 1.53. The van der Waals surface area contributed by atoms with Gasteiger partial charge in [0.15, 0.2) is 0 Å². The molecule has 7 N–H and O–H groups in total. The second-order valence-electron chi connectivity index (χ2n) is 8.21. The van der Waals surface area contributed by atoms with Crippen LogP contribution in [0, 0.1) is 0 Å². The second kappa shape index (κ2) is 14.8. The Labute approximate surface area is 204 Å². The van der Waals surface area contributed by atoms with Gasteiger partial charge in [0, 0.05) is 6.92 Å². The Morgan fingerprint density at radius 1 is 0.486 bits per heavy atom. The Morgan fingerprint density at radius 2 is 0.800 bits per heavy atom. The zero-order valence-electron chi connectivity index (χ0n) is 21.3. The van der Waals surface area contributed by atoms with Gasteiger partial charge in [-0.05, 0) is 48.6 Å². The van der Waals surface area contributed by atoms with Gasteiger partial charge in [0.25, 0.3) is 0 Å². The highest BCUT2D eigenvalue weighted by atomic mass is 16.2. The summed E-state index contributed by atoms with van der Waals surface area (Å²) in [6, 6.07) is -5.72. The summed E-state index contributed by atoms with van der Waals surface area (Å²) in [5.74, 6) is -4.44. The number of ketones is 2. The number of rotatable bonds is 14. The van der Waals surface area contributed by atoms with Gasteiger partial charge in [0.05, 0.1) is 12.1 Å². The minimum absolute atomic E-state index is 0.392. The maximum Gasteiger partial charge on any atom is 0.242 e. The molecular weight excluding hydrogens is 462 g/mol. The SMILES string of the molecule is CN[C@H](C)C(=O)C(=O)C(C)NC(=O)[C@H](C)NC(=O)C(C)NC(=O)[C@H](C)NC(=O)C(C)NNC(C)=O. The predicted molar refractivity (Wildman–Crippen MR) is 125 cm³/mol. The summed E-state index contributed by atoms with van der Waals surface area (Å²) in [6.45, 7) is 9.79. The Bertz CT molecular complexity index is 833. The third-order valence-electron chi connectivity index (χ3n) is 4.94. The monoisotopic (exact) mass is 499 g/mol. The second-order valence-corrected chi connectivity index (χ2v) is 8.21. The van der Waals surface area contributed by atoms with Crippen molar-refractivity contribution in [2.45, 2.75) is 84.7 Å². The molecule has 0 spiro atoms. The van der Waals surface area contributed by atoms with E-state index in [2.05, 4.69) is 37.4 Å². The molecular formula is C21H37N7O7. The maximum atomic E-state index is 12.4. The van der Waals surface area contributed by atoms with E-state index in [1.807, 2.05) is 0 Å². The minimum atomic E-state index is -1.09. The van der Waals surface area contributed by atoms with E-state index < -0.39 is 77.4 Å². The quantitative estimate of drug-likeness (QED) is 0.0947. The number of hydrogen-bond donors (Lipinski definition) is 7. The van der Waals surface area contributed by atoms with Crippen molar-refractivity contribution in [3.8, 4) is 0 Å². The number of hydrazine groups is 1. The topological polar surface area (TPSA) is 204 Å². The van der Waals surface area contributed by atoms with Gasteiger partial charge < -0.3 is 26.6 Å². The van der Waals surface area contributed by atoms with Crippen molar-refractivity contribution >= 4 is 41.1 Å². The number of carbonyl (C=O) groups is 7. The van der Waals surface area contributed by atoms with Gasteiger partial charge in [0.2, 0.25) is 41.1 Å². The molecule has 14 nitrogen and oxygen atoms in total. The van der Waals surface area contributed by atoms with E-state index in [1.54, 1.807) is 0 Å². The molecule has 198 valence electrons. The van der Waals surface area contributed by atoms with Crippen molar-refractivity contribution in [2.75, 3.05) is 7.05 Å². The largest absolute Gasteiger partial charge is 0.344 e. The first-order valence-electron chi connectivity index (χ1n) is 11.1. The molecule has 5 amide bonds. The minimum Gasteiger partial charge on any atom is -0.344 e. The van der Waals surface area contributed by atoms with Gasteiger partial charge in [-0.1, -0.05) is 0 Å². The molecule has 0 heterocycles. The van der Waals surface area contributed by atoms with Crippen LogP contribution in [0.15, 0.2) is 0 Å². The number of hydrogen-bond acceptors (Lipinski definition) is 9. The molecule has 0 aromatic carbocycles. The van der Waals surface area contributed by atoms with Gasteiger partial charge in [-0.25, -0.2) is 5.43 Å². The van der Waals surface area contributed by atoms with Crippen molar-refractivity contribution in [3.05, 3.63) is 0 Å². The van der Waals surface area contributed by atoms with E-state index in [4.69, 9.17) is 0 Å². The molecule has 0 bridgehead atoms. The van der Waals surface area contributed by atoms with Crippen LogP contribution in [-0.4, -0.2) is 84.4 Å². The zero-order chi connectivity index (χ0) is 27.5. The van der Waals surface area contributed by atoms with Crippen molar-refractivity contribution in [1.82, 2.24) is 37.4 Å². The fourth-order valence-electron chi connectivity index (χ4n) is 2.45. The zero-order valence-corrected chi connectivity index (χ0v) is 21.3. The van der Waals surface area contributed by atoms with Crippen molar-refractivity contribution in [2.24, 2.45) is 0 Å². The summed E-state index contributed by atoms with van der Waals surface area (Å²) >= 11 is 0. The van der Waals surface area contributed by atoms with E-state index in [-0.39, 0.29) is 0 Å². The molecule has 0 aromatic heterocycles. The number of nitrogens with one attached hydrogen (secondary N) is 7. The normalized spacial score (nSPS) is 15.8. The highest BCUT2D eigenvalue weighted by Crippen LogP contribution is 1.96. The van der Waals surface area contributed by atoms with Crippen LogP contribution in [0.4, 0.5) is 0 Å². The van der Waals surface area contributed by atoms with Crippen LogP contribution in [0.3, 0.4) is 0 Å². The molecule has 0 aliphatic rings. The van der Waals surface area contributed by atoms with E-state index in [0.29, 0.717) is 0 Å². The van der Waals surface area contributed by atoms with Gasteiger partial charge in [-0.3, -0.25) is 39.0 Å². The van der Waals surface area contributed by atoms with Crippen LogP contribution in [0.1, 0.15) is 48.5 Å². The molecule has 0 rings (SSSR count). The highest BCUT2D eigenvalue weighted by molar-refractivity contribution is 6.41. The Morgan fingerprint density at radius 3 is 1.14 bits per heavy atom. The summed E-state index contributed by atoms with van der Waals surface area (Å²) in [6.07, 6.45) is 0. The number of likely N-dealkylation sites (N-methyl/N-ethyl adjacent to an activating group) is 1.